The van der Waals surface area contributed by atoms with E-state index in [0.717, 1.165) is 30.9 Å². The Balaban J connectivity index is 1.91. The van der Waals surface area contributed by atoms with Gasteiger partial charge in [-0.1, -0.05) is 0 Å². The van der Waals surface area contributed by atoms with E-state index in [4.69, 9.17) is 5.11 Å². The van der Waals surface area contributed by atoms with Crippen molar-refractivity contribution in [3.63, 3.8) is 0 Å². The number of aliphatic hydroxyl groups is 1. The van der Waals surface area contributed by atoms with E-state index in [1.54, 1.807) is 11.3 Å². The van der Waals surface area contributed by atoms with Crippen LogP contribution in [0.5, 0.6) is 0 Å². The summed E-state index contributed by atoms with van der Waals surface area (Å²) in [6.07, 6.45) is 1.96. The summed E-state index contributed by atoms with van der Waals surface area (Å²) in [6, 6.07) is 2.71. The molecule has 0 aliphatic rings. The molecule has 1 rings (SSSR count). The standard InChI is InChI=1S/C12H21NOS2/c1-11(3-2-6-14)13-5-8-16-10-12-4-7-15-9-12/h4,7,9,11,13-14H,2-3,5-6,8,10H2,1H3. The summed E-state index contributed by atoms with van der Waals surface area (Å²) in [6.45, 7) is 3.54. The van der Waals surface area contributed by atoms with Crippen molar-refractivity contribution >= 4 is 23.1 Å². The molecule has 0 fully saturated rings. The van der Waals surface area contributed by atoms with E-state index in [9.17, 15) is 0 Å². The van der Waals surface area contributed by atoms with Crippen molar-refractivity contribution in [2.45, 2.75) is 31.6 Å². The van der Waals surface area contributed by atoms with Crippen LogP contribution in [0, 0.1) is 0 Å². The van der Waals surface area contributed by atoms with Crippen LogP contribution in [0.2, 0.25) is 0 Å². The first-order chi connectivity index (χ1) is 7.83. The zero-order valence-corrected chi connectivity index (χ0v) is 11.4. The predicted molar refractivity (Wildman–Crippen MR) is 74.3 cm³/mol. The summed E-state index contributed by atoms with van der Waals surface area (Å²) in [4.78, 5) is 0. The molecule has 1 atom stereocenters. The highest BCUT2D eigenvalue weighted by atomic mass is 32.2. The number of thioether (sulfide) groups is 1. The van der Waals surface area contributed by atoms with Gasteiger partial charge in [-0.05, 0) is 42.2 Å². The van der Waals surface area contributed by atoms with Gasteiger partial charge in [0.05, 0.1) is 0 Å². The molecule has 4 heteroatoms. The summed E-state index contributed by atoms with van der Waals surface area (Å²) in [5.41, 5.74) is 1.43. The molecule has 0 aliphatic carbocycles. The number of rotatable bonds is 9. The first-order valence-corrected chi connectivity index (χ1v) is 7.85. The van der Waals surface area contributed by atoms with Crippen LogP contribution in [0.4, 0.5) is 0 Å². The van der Waals surface area contributed by atoms with Crippen molar-refractivity contribution in [3.8, 4) is 0 Å². The number of thiophene rings is 1. The fourth-order valence-electron chi connectivity index (χ4n) is 1.44. The van der Waals surface area contributed by atoms with Gasteiger partial charge in [0, 0.05) is 30.7 Å². The molecule has 0 bridgehead atoms. The van der Waals surface area contributed by atoms with Gasteiger partial charge < -0.3 is 10.4 Å². The molecule has 0 aliphatic heterocycles. The molecule has 0 amide bonds. The van der Waals surface area contributed by atoms with Gasteiger partial charge in [0.15, 0.2) is 0 Å². The maximum absolute atomic E-state index is 8.70. The second kappa shape index (κ2) is 9.05. The molecule has 0 spiro atoms. The van der Waals surface area contributed by atoms with Gasteiger partial charge in [-0.15, -0.1) is 0 Å². The topological polar surface area (TPSA) is 32.3 Å². The molecule has 92 valence electrons. The fourth-order valence-corrected chi connectivity index (χ4v) is 3.04. The van der Waals surface area contributed by atoms with Crippen LogP contribution in [0.15, 0.2) is 16.8 Å². The number of nitrogens with one attached hydrogen (secondary N) is 1. The van der Waals surface area contributed by atoms with Crippen molar-refractivity contribution in [1.82, 2.24) is 5.32 Å². The highest BCUT2D eigenvalue weighted by molar-refractivity contribution is 7.98. The van der Waals surface area contributed by atoms with Gasteiger partial charge in [-0.2, -0.15) is 23.1 Å². The van der Waals surface area contributed by atoms with Crippen LogP contribution in [-0.4, -0.2) is 30.1 Å². The first-order valence-electron chi connectivity index (χ1n) is 5.76. The minimum atomic E-state index is 0.304. The summed E-state index contributed by atoms with van der Waals surface area (Å²) in [7, 11) is 0. The molecule has 2 nitrogen and oxygen atoms in total. The minimum absolute atomic E-state index is 0.304. The number of hydrogen-bond donors (Lipinski definition) is 2. The van der Waals surface area contributed by atoms with Gasteiger partial charge in [-0.3, -0.25) is 0 Å². The molecule has 0 saturated heterocycles. The van der Waals surface area contributed by atoms with Crippen molar-refractivity contribution in [2.75, 3.05) is 18.9 Å². The maximum atomic E-state index is 8.70. The zero-order chi connectivity index (χ0) is 11.6. The second-order valence-corrected chi connectivity index (χ2v) is 5.79. The maximum Gasteiger partial charge on any atom is 0.0431 e. The Morgan fingerprint density at radius 2 is 2.44 bits per heavy atom. The van der Waals surface area contributed by atoms with Crippen LogP contribution >= 0.6 is 23.1 Å². The Morgan fingerprint density at radius 1 is 1.56 bits per heavy atom. The van der Waals surface area contributed by atoms with Crippen LogP contribution in [0.1, 0.15) is 25.3 Å². The zero-order valence-electron chi connectivity index (χ0n) is 9.82. The molecule has 1 heterocycles. The largest absolute Gasteiger partial charge is 0.396 e. The van der Waals surface area contributed by atoms with Gasteiger partial charge >= 0.3 is 0 Å². The van der Waals surface area contributed by atoms with Gasteiger partial charge in [0.2, 0.25) is 0 Å². The lowest BCUT2D eigenvalue weighted by atomic mass is 10.2. The van der Waals surface area contributed by atoms with Crippen molar-refractivity contribution in [1.29, 1.82) is 0 Å². The fraction of sp³-hybridized carbons (Fsp3) is 0.667. The van der Waals surface area contributed by atoms with Crippen molar-refractivity contribution in [2.24, 2.45) is 0 Å². The third-order valence-corrected chi connectivity index (χ3v) is 4.15. The third-order valence-electron chi connectivity index (χ3n) is 2.38. The Kier molecular flexibility index (Phi) is 7.93. The molecule has 2 N–H and O–H groups in total. The van der Waals surface area contributed by atoms with Crippen LogP contribution < -0.4 is 5.32 Å². The van der Waals surface area contributed by atoms with Crippen LogP contribution in [0.25, 0.3) is 0 Å². The SMILES string of the molecule is CC(CCCO)NCCSCc1ccsc1. The molecular formula is C12H21NOS2. The third kappa shape index (κ3) is 6.53. The molecule has 16 heavy (non-hydrogen) atoms. The number of hydrogen-bond acceptors (Lipinski definition) is 4. The molecule has 1 aromatic rings. The normalized spacial score (nSPS) is 12.9. The molecule has 1 aromatic heterocycles. The minimum Gasteiger partial charge on any atom is -0.396 e. The smallest absolute Gasteiger partial charge is 0.0431 e. The van der Waals surface area contributed by atoms with Gasteiger partial charge in [-0.25, -0.2) is 0 Å². The highest BCUT2D eigenvalue weighted by Crippen LogP contribution is 2.14. The predicted octanol–water partition coefficient (Wildman–Crippen LogP) is 2.73. The lowest BCUT2D eigenvalue weighted by Gasteiger charge is -2.12. The van der Waals surface area contributed by atoms with Crippen LogP contribution in [0.3, 0.4) is 0 Å². The number of aliphatic hydroxyl groups excluding tert-OH is 1. The Hall–Kier alpha value is -0.0300. The lowest BCUT2D eigenvalue weighted by molar-refractivity contribution is 0.277. The van der Waals surface area contributed by atoms with E-state index in [1.165, 1.54) is 5.56 Å². The first kappa shape index (κ1) is 14.0. The van der Waals surface area contributed by atoms with E-state index >= 15 is 0 Å². The van der Waals surface area contributed by atoms with E-state index in [0.29, 0.717) is 12.6 Å². The quantitative estimate of drug-likeness (QED) is 0.669. The lowest BCUT2D eigenvalue weighted by Crippen LogP contribution is -2.28. The van der Waals surface area contributed by atoms with E-state index in [-0.39, 0.29) is 0 Å². The highest BCUT2D eigenvalue weighted by Gasteiger charge is 2.00. The van der Waals surface area contributed by atoms with E-state index in [1.807, 2.05) is 11.8 Å². The monoisotopic (exact) mass is 259 g/mol. The molecular weight excluding hydrogens is 238 g/mol. The van der Waals surface area contributed by atoms with E-state index in [2.05, 4.69) is 29.1 Å². The van der Waals surface area contributed by atoms with Crippen molar-refractivity contribution < 1.29 is 5.11 Å². The summed E-state index contributed by atoms with van der Waals surface area (Å²) in [5.74, 6) is 2.27. The molecule has 0 radical (unpaired) electrons. The molecule has 0 aromatic carbocycles. The van der Waals surface area contributed by atoms with Gasteiger partial charge in [0.25, 0.3) is 0 Å². The van der Waals surface area contributed by atoms with Gasteiger partial charge in [0.1, 0.15) is 0 Å². The Bertz CT molecular complexity index is 252. The van der Waals surface area contributed by atoms with Crippen molar-refractivity contribution in [3.05, 3.63) is 22.4 Å². The average molecular weight is 259 g/mol. The summed E-state index contributed by atoms with van der Waals surface area (Å²) < 4.78 is 0. The average Bonchev–Trinajstić information content (AvgIpc) is 2.79. The Morgan fingerprint density at radius 3 is 3.12 bits per heavy atom. The molecule has 0 saturated carbocycles. The van der Waals surface area contributed by atoms with Crippen LogP contribution in [-0.2, 0) is 5.75 Å². The second-order valence-electron chi connectivity index (χ2n) is 3.91. The van der Waals surface area contributed by atoms with E-state index < -0.39 is 0 Å². The Labute approximate surface area is 106 Å². The molecule has 1 unspecified atom stereocenters. The summed E-state index contributed by atoms with van der Waals surface area (Å²) in [5, 5.41) is 16.5. The summed E-state index contributed by atoms with van der Waals surface area (Å²) >= 11 is 3.74.